The summed E-state index contributed by atoms with van der Waals surface area (Å²) in [5, 5.41) is 3.35. The summed E-state index contributed by atoms with van der Waals surface area (Å²) in [4.78, 5) is 0. The second-order valence-electron chi connectivity index (χ2n) is 3.56. The first kappa shape index (κ1) is 11.0. The van der Waals surface area contributed by atoms with E-state index in [1.807, 2.05) is 0 Å². The highest BCUT2D eigenvalue weighted by Gasteiger charge is 1.94. The van der Waals surface area contributed by atoms with Gasteiger partial charge in [-0.1, -0.05) is 43.3 Å². The van der Waals surface area contributed by atoms with E-state index in [4.69, 9.17) is 0 Å². The highest BCUT2D eigenvalue weighted by Crippen LogP contribution is 2.09. The molecule has 1 aromatic rings. The van der Waals surface area contributed by atoms with Gasteiger partial charge in [0.15, 0.2) is 0 Å². The predicted molar refractivity (Wildman–Crippen MR) is 63.4 cm³/mol. The molecule has 0 aliphatic heterocycles. The summed E-state index contributed by atoms with van der Waals surface area (Å²) in [7, 11) is 0. The highest BCUT2D eigenvalue weighted by atomic mass is 14.9. The van der Waals surface area contributed by atoms with Crippen molar-refractivity contribution in [2.24, 2.45) is 0 Å². The molecule has 0 heterocycles. The number of hydrogen-bond acceptors (Lipinski definition) is 1. The molecule has 0 aliphatic rings. The van der Waals surface area contributed by atoms with E-state index >= 15 is 0 Å². The number of rotatable bonds is 4. The van der Waals surface area contributed by atoms with Crippen molar-refractivity contribution in [1.29, 1.82) is 0 Å². The minimum Gasteiger partial charge on any atom is -0.311 e. The van der Waals surface area contributed by atoms with E-state index in [1.54, 1.807) is 0 Å². The standard InChI is InChI=1S/C13H19N/c1-4-14-12(3)9-10-13-8-6-5-7-11(13)2/h5-10,12,14H,4H2,1-3H3/b10-9+. The van der Waals surface area contributed by atoms with E-state index in [0.29, 0.717) is 6.04 Å². The van der Waals surface area contributed by atoms with Crippen LogP contribution in [-0.2, 0) is 0 Å². The van der Waals surface area contributed by atoms with Crippen LogP contribution in [0.25, 0.3) is 6.08 Å². The van der Waals surface area contributed by atoms with Crippen molar-refractivity contribution < 1.29 is 0 Å². The van der Waals surface area contributed by atoms with Crippen molar-refractivity contribution in [2.45, 2.75) is 26.8 Å². The molecule has 1 nitrogen and oxygen atoms in total. The molecule has 1 rings (SSSR count). The van der Waals surface area contributed by atoms with Gasteiger partial charge >= 0.3 is 0 Å². The van der Waals surface area contributed by atoms with Crippen molar-refractivity contribution in [3.05, 3.63) is 41.5 Å². The summed E-state index contributed by atoms with van der Waals surface area (Å²) in [5.74, 6) is 0. The fraction of sp³-hybridized carbons (Fsp3) is 0.385. The fourth-order valence-electron chi connectivity index (χ4n) is 1.41. The maximum absolute atomic E-state index is 3.35. The quantitative estimate of drug-likeness (QED) is 0.767. The first-order valence-electron chi connectivity index (χ1n) is 5.21. The van der Waals surface area contributed by atoms with Gasteiger partial charge in [-0.15, -0.1) is 0 Å². The van der Waals surface area contributed by atoms with Gasteiger partial charge in [0.25, 0.3) is 0 Å². The molecule has 0 spiro atoms. The Labute approximate surface area is 86.8 Å². The molecule has 0 radical (unpaired) electrons. The van der Waals surface area contributed by atoms with Gasteiger partial charge < -0.3 is 5.32 Å². The molecule has 1 unspecified atom stereocenters. The number of likely N-dealkylation sites (N-methyl/N-ethyl adjacent to an activating group) is 1. The lowest BCUT2D eigenvalue weighted by Crippen LogP contribution is -2.22. The average molecular weight is 189 g/mol. The maximum Gasteiger partial charge on any atom is 0.0224 e. The second kappa shape index (κ2) is 5.61. The van der Waals surface area contributed by atoms with E-state index in [1.165, 1.54) is 11.1 Å². The summed E-state index contributed by atoms with van der Waals surface area (Å²) in [6.45, 7) is 7.44. The Morgan fingerprint density at radius 2 is 2.07 bits per heavy atom. The van der Waals surface area contributed by atoms with Crippen molar-refractivity contribution in [1.82, 2.24) is 5.32 Å². The molecule has 1 atom stereocenters. The lowest BCUT2D eigenvalue weighted by Gasteiger charge is -2.06. The molecule has 0 fully saturated rings. The van der Waals surface area contributed by atoms with Crippen molar-refractivity contribution >= 4 is 6.08 Å². The normalized spacial score (nSPS) is 13.4. The Hall–Kier alpha value is -1.08. The topological polar surface area (TPSA) is 12.0 Å². The van der Waals surface area contributed by atoms with Crippen LogP contribution >= 0.6 is 0 Å². The first-order valence-corrected chi connectivity index (χ1v) is 5.21. The Kier molecular flexibility index (Phi) is 4.41. The zero-order chi connectivity index (χ0) is 10.4. The summed E-state index contributed by atoms with van der Waals surface area (Å²) >= 11 is 0. The number of benzene rings is 1. The van der Waals surface area contributed by atoms with Gasteiger partial charge in [-0.2, -0.15) is 0 Å². The molecule has 0 aromatic heterocycles. The Morgan fingerprint density at radius 3 is 2.71 bits per heavy atom. The van der Waals surface area contributed by atoms with Crippen LogP contribution in [0.3, 0.4) is 0 Å². The van der Waals surface area contributed by atoms with Crippen molar-refractivity contribution in [3.8, 4) is 0 Å². The van der Waals surface area contributed by atoms with E-state index in [2.05, 4.69) is 62.5 Å². The van der Waals surface area contributed by atoms with Crippen molar-refractivity contribution in [2.75, 3.05) is 6.54 Å². The van der Waals surface area contributed by atoms with Crippen LogP contribution in [0.15, 0.2) is 30.3 Å². The monoisotopic (exact) mass is 189 g/mol. The summed E-state index contributed by atoms with van der Waals surface area (Å²) < 4.78 is 0. The zero-order valence-corrected chi connectivity index (χ0v) is 9.25. The first-order chi connectivity index (χ1) is 6.74. The molecule has 0 amide bonds. The van der Waals surface area contributed by atoms with Gasteiger partial charge in [-0.05, 0) is 31.5 Å². The maximum atomic E-state index is 3.35. The molecule has 1 N–H and O–H groups in total. The smallest absolute Gasteiger partial charge is 0.0224 e. The predicted octanol–water partition coefficient (Wildman–Crippen LogP) is 3.01. The minimum atomic E-state index is 0.444. The third kappa shape index (κ3) is 3.35. The summed E-state index contributed by atoms with van der Waals surface area (Å²) in [6, 6.07) is 8.87. The van der Waals surface area contributed by atoms with Crippen LogP contribution in [0.1, 0.15) is 25.0 Å². The van der Waals surface area contributed by atoms with Crippen LogP contribution in [0.4, 0.5) is 0 Å². The Bertz CT molecular complexity index is 302. The van der Waals surface area contributed by atoms with Gasteiger partial charge in [0.2, 0.25) is 0 Å². The second-order valence-corrected chi connectivity index (χ2v) is 3.56. The molecule has 0 saturated heterocycles. The fourth-order valence-corrected chi connectivity index (χ4v) is 1.41. The number of nitrogens with one attached hydrogen (secondary N) is 1. The van der Waals surface area contributed by atoms with E-state index in [0.717, 1.165) is 6.54 Å². The van der Waals surface area contributed by atoms with Crippen LogP contribution < -0.4 is 5.32 Å². The van der Waals surface area contributed by atoms with E-state index < -0.39 is 0 Å². The third-order valence-electron chi connectivity index (χ3n) is 2.28. The molecule has 0 aliphatic carbocycles. The highest BCUT2D eigenvalue weighted by molar-refractivity contribution is 5.53. The van der Waals surface area contributed by atoms with Crippen LogP contribution in [0, 0.1) is 6.92 Å². The van der Waals surface area contributed by atoms with E-state index in [9.17, 15) is 0 Å². The molecule has 1 aromatic carbocycles. The molecule has 0 bridgehead atoms. The van der Waals surface area contributed by atoms with Gasteiger partial charge in [-0.25, -0.2) is 0 Å². The molecule has 1 heteroatoms. The molecule has 76 valence electrons. The van der Waals surface area contributed by atoms with Crippen LogP contribution in [-0.4, -0.2) is 12.6 Å². The Balaban J connectivity index is 2.64. The lowest BCUT2D eigenvalue weighted by atomic mass is 10.1. The number of aryl methyl sites for hydroxylation is 1. The molecule has 14 heavy (non-hydrogen) atoms. The summed E-state index contributed by atoms with van der Waals surface area (Å²) in [6.07, 6.45) is 4.38. The van der Waals surface area contributed by atoms with Crippen molar-refractivity contribution in [3.63, 3.8) is 0 Å². The van der Waals surface area contributed by atoms with Crippen LogP contribution in [0.2, 0.25) is 0 Å². The SMILES string of the molecule is CCNC(C)/C=C/c1ccccc1C. The molecular weight excluding hydrogens is 170 g/mol. The Morgan fingerprint density at radius 1 is 1.36 bits per heavy atom. The van der Waals surface area contributed by atoms with Gasteiger partial charge in [0.1, 0.15) is 0 Å². The molecule has 0 saturated carbocycles. The third-order valence-corrected chi connectivity index (χ3v) is 2.28. The zero-order valence-electron chi connectivity index (χ0n) is 9.25. The minimum absolute atomic E-state index is 0.444. The number of hydrogen-bond donors (Lipinski definition) is 1. The van der Waals surface area contributed by atoms with Gasteiger partial charge in [-0.3, -0.25) is 0 Å². The van der Waals surface area contributed by atoms with Crippen LogP contribution in [0.5, 0.6) is 0 Å². The largest absolute Gasteiger partial charge is 0.311 e. The summed E-state index contributed by atoms with van der Waals surface area (Å²) in [5.41, 5.74) is 2.63. The average Bonchev–Trinajstić information content (AvgIpc) is 2.17. The lowest BCUT2D eigenvalue weighted by molar-refractivity contribution is 0.663. The molecular formula is C13H19N. The van der Waals surface area contributed by atoms with Gasteiger partial charge in [0.05, 0.1) is 0 Å². The van der Waals surface area contributed by atoms with E-state index in [-0.39, 0.29) is 0 Å². The van der Waals surface area contributed by atoms with Gasteiger partial charge in [0, 0.05) is 6.04 Å².